The lowest BCUT2D eigenvalue weighted by molar-refractivity contribution is -0.223. The van der Waals surface area contributed by atoms with Gasteiger partial charge in [-0.1, -0.05) is 95.3 Å². The van der Waals surface area contributed by atoms with E-state index in [4.69, 9.17) is 18.3 Å². The lowest BCUT2D eigenvalue weighted by Gasteiger charge is -2.54. The van der Waals surface area contributed by atoms with Crippen LogP contribution in [0.4, 0.5) is 0 Å². The van der Waals surface area contributed by atoms with Gasteiger partial charge in [-0.3, -0.25) is 4.79 Å². The van der Waals surface area contributed by atoms with Gasteiger partial charge in [0.25, 0.3) is 8.32 Å². The van der Waals surface area contributed by atoms with Crippen LogP contribution in [0.2, 0.25) is 5.04 Å². The average molecular weight is 655 g/mol. The summed E-state index contributed by atoms with van der Waals surface area (Å²) in [6.07, 6.45) is 12.2. The van der Waals surface area contributed by atoms with Gasteiger partial charge in [-0.05, 0) is 88.7 Å². The Labute approximate surface area is 282 Å². The number of carbonyl (C=O) groups excluding carboxylic acids is 1. The van der Waals surface area contributed by atoms with Crippen molar-refractivity contribution in [2.45, 2.75) is 115 Å². The van der Waals surface area contributed by atoms with Crippen LogP contribution in [0.5, 0.6) is 0 Å². The number of furan rings is 1. The first-order valence-corrected chi connectivity index (χ1v) is 20.0. The third-order valence-electron chi connectivity index (χ3n) is 13.2. The van der Waals surface area contributed by atoms with Gasteiger partial charge in [0.05, 0.1) is 25.7 Å². The summed E-state index contributed by atoms with van der Waals surface area (Å²) in [7, 11) is -2.67. The summed E-state index contributed by atoms with van der Waals surface area (Å²) < 4.78 is 26.1. The van der Waals surface area contributed by atoms with Gasteiger partial charge < -0.3 is 18.3 Å². The minimum atomic E-state index is -2.67. The molecule has 6 heteroatoms. The number of fused-ring (bicyclic) bond motifs is 1. The van der Waals surface area contributed by atoms with E-state index < -0.39 is 14.1 Å². The fourth-order valence-electron chi connectivity index (χ4n) is 10.6. The molecule has 4 aliphatic rings. The zero-order valence-electron chi connectivity index (χ0n) is 29.1. The molecule has 0 amide bonds. The maximum atomic E-state index is 13.5. The van der Waals surface area contributed by atoms with Crippen LogP contribution in [0.1, 0.15) is 104 Å². The Balaban J connectivity index is 1.14. The predicted molar refractivity (Wildman–Crippen MR) is 188 cm³/mol. The van der Waals surface area contributed by atoms with Crippen molar-refractivity contribution in [2.24, 2.45) is 22.7 Å². The summed E-state index contributed by atoms with van der Waals surface area (Å²) in [5.41, 5.74) is 1.18. The maximum Gasteiger partial charge on any atom is 0.261 e. The first-order valence-electron chi connectivity index (χ1n) is 18.1. The molecular weight excluding hydrogens is 601 g/mol. The minimum Gasteiger partial charge on any atom is -0.472 e. The van der Waals surface area contributed by atoms with Crippen LogP contribution in [0.15, 0.2) is 83.7 Å². The summed E-state index contributed by atoms with van der Waals surface area (Å²) in [4.78, 5) is 13.5. The number of ether oxygens (including phenoxy) is 2. The van der Waals surface area contributed by atoms with Crippen molar-refractivity contribution in [3.05, 3.63) is 84.8 Å². The molecule has 1 aromatic heterocycles. The monoisotopic (exact) mass is 654 g/mol. The molecule has 3 aromatic rings. The summed E-state index contributed by atoms with van der Waals surface area (Å²) in [5.74, 6) is 0.880. The van der Waals surface area contributed by atoms with Gasteiger partial charge in [-0.2, -0.15) is 0 Å². The summed E-state index contributed by atoms with van der Waals surface area (Å²) in [6.45, 7) is 13.3. The van der Waals surface area contributed by atoms with Crippen LogP contribution in [0.25, 0.3) is 0 Å². The molecule has 252 valence electrons. The Morgan fingerprint density at radius 2 is 1.53 bits per heavy atom. The number of rotatable bonds is 8. The second kappa shape index (κ2) is 12.4. The topological polar surface area (TPSA) is 57.9 Å². The molecule has 0 bridgehead atoms. The molecule has 2 aromatic carbocycles. The third kappa shape index (κ3) is 5.52. The number of hydrogen-bond acceptors (Lipinski definition) is 5. The quantitative estimate of drug-likeness (QED) is 0.228. The summed E-state index contributed by atoms with van der Waals surface area (Å²) in [6, 6.07) is 24.1. The van der Waals surface area contributed by atoms with Gasteiger partial charge >= 0.3 is 0 Å². The van der Waals surface area contributed by atoms with E-state index in [0.29, 0.717) is 49.6 Å². The van der Waals surface area contributed by atoms with Gasteiger partial charge in [0, 0.05) is 30.8 Å². The standard InChI is InChI=1S/C41H54O5Si/c1-38(2,3)47(35-12-8-6-9-13-35,36-14-10-7-11-15-36)46-34-17-20-39(4)31(26-33(42)27-32(39)28-34)16-21-40(5)37(30-19-23-43-29-30)18-22-41(40)44-24-25-45-41/h6-15,19,23,29,31-32,34,37H,16-18,20-22,24-28H2,1-5H3/t31-,32+,34-,37+,39+,40+/m0/s1. The van der Waals surface area contributed by atoms with E-state index in [-0.39, 0.29) is 22.0 Å². The first kappa shape index (κ1) is 33.0. The van der Waals surface area contributed by atoms with Crippen molar-refractivity contribution in [3.8, 4) is 0 Å². The number of carbonyl (C=O) groups is 1. The van der Waals surface area contributed by atoms with Crippen molar-refractivity contribution in [1.82, 2.24) is 0 Å². The zero-order chi connectivity index (χ0) is 32.9. The van der Waals surface area contributed by atoms with Gasteiger partial charge in [0.1, 0.15) is 5.78 Å². The Morgan fingerprint density at radius 1 is 0.872 bits per heavy atom. The molecular formula is C41H54O5Si. The Bertz CT molecular complexity index is 1470. The summed E-state index contributed by atoms with van der Waals surface area (Å²) in [5, 5.41) is 2.59. The lowest BCUT2D eigenvalue weighted by atomic mass is 9.53. The van der Waals surface area contributed by atoms with Crippen LogP contribution in [0.3, 0.4) is 0 Å². The molecule has 5 nitrogen and oxygen atoms in total. The van der Waals surface area contributed by atoms with E-state index in [2.05, 4.69) is 101 Å². The van der Waals surface area contributed by atoms with Crippen molar-refractivity contribution in [3.63, 3.8) is 0 Å². The van der Waals surface area contributed by atoms with Crippen molar-refractivity contribution < 1.29 is 23.1 Å². The second-order valence-electron chi connectivity index (χ2n) is 16.6. The van der Waals surface area contributed by atoms with Crippen molar-refractivity contribution in [1.29, 1.82) is 0 Å². The van der Waals surface area contributed by atoms with E-state index in [1.807, 2.05) is 6.26 Å². The second-order valence-corrected chi connectivity index (χ2v) is 20.8. The molecule has 1 aliphatic heterocycles. The smallest absolute Gasteiger partial charge is 0.261 e. The van der Waals surface area contributed by atoms with E-state index in [1.54, 1.807) is 6.26 Å². The number of hydrogen-bond donors (Lipinski definition) is 0. The highest BCUT2D eigenvalue weighted by atomic mass is 28.4. The molecule has 3 saturated carbocycles. The number of benzene rings is 2. The SMILES string of the molecule is CC(C)(C)[Si](O[C@H]1CC[C@@]2(C)[C@H](CC(=O)C[C@@H]2CC[C@]2(C)[C@@H](c3ccoc3)CCC23OCCO3)C1)(c1ccccc1)c1ccccc1. The molecule has 2 heterocycles. The Hall–Kier alpha value is -2.51. The minimum absolute atomic E-state index is 0.0655. The van der Waals surface area contributed by atoms with E-state index in [9.17, 15) is 4.79 Å². The highest BCUT2D eigenvalue weighted by Crippen LogP contribution is 2.63. The molecule has 0 unspecified atom stereocenters. The van der Waals surface area contributed by atoms with Crippen LogP contribution >= 0.6 is 0 Å². The summed E-state index contributed by atoms with van der Waals surface area (Å²) >= 11 is 0. The lowest BCUT2D eigenvalue weighted by Crippen LogP contribution is -2.68. The van der Waals surface area contributed by atoms with Gasteiger partial charge in [0.2, 0.25) is 0 Å². The van der Waals surface area contributed by atoms with E-state index in [1.165, 1.54) is 15.9 Å². The number of Topliss-reactive ketones (excluding diaryl/α,β-unsaturated/α-hetero) is 1. The van der Waals surface area contributed by atoms with Crippen molar-refractivity contribution in [2.75, 3.05) is 13.2 Å². The molecule has 47 heavy (non-hydrogen) atoms. The first-order chi connectivity index (χ1) is 22.5. The zero-order valence-corrected chi connectivity index (χ0v) is 30.1. The fraction of sp³-hybridized carbons (Fsp3) is 0.585. The van der Waals surface area contributed by atoms with Crippen LogP contribution in [0, 0.1) is 22.7 Å². The van der Waals surface area contributed by atoms with Crippen LogP contribution < -0.4 is 10.4 Å². The molecule has 4 fully saturated rings. The van der Waals surface area contributed by atoms with E-state index >= 15 is 0 Å². The Kier molecular flexibility index (Phi) is 8.73. The number of ketones is 1. The van der Waals surface area contributed by atoms with E-state index in [0.717, 1.165) is 44.9 Å². The third-order valence-corrected chi connectivity index (χ3v) is 18.3. The van der Waals surface area contributed by atoms with Gasteiger partial charge in [-0.15, -0.1) is 0 Å². The maximum absolute atomic E-state index is 13.5. The fourth-order valence-corrected chi connectivity index (χ4v) is 15.3. The largest absolute Gasteiger partial charge is 0.472 e. The predicted octanol–water partition coefficient (Wildman–Crippen LogP) is 8.42. The normalized spacial score (nSPS) is 32.5. The molecule has 0 radical (unpaired) electrons. The highest BCUT2D eigenvalue weighted by molar-refractivity contribution is 6.99. The van der Waals surface area contributed by atoms with Crippen molar-refractivity contribution >= 4 is 24.5 Å². The molecule has 0 N–H and O–H groups in total. The molecule has 1 spiro atoms. The van der Waals surface area contributed by atoms with Crippen LogP contribution in [-0.2, 0) is 18.7 Å². The molecule has 7 rings (SSSR count). The molecule has 6 atom stereocenters. The van der Waals surface area contributed by atoms with Crippen LogP contribution in [-0.4, -0.2) is 39.2 Å². The van der Waals surface area contributed by atoms with Gasteiger partial charge in [0.15, 0.2) is 5.79 Å². The molecule has 3 aliphatic carbocycles. The average Bonchev–Trinajstić information content (AvgIpc) is 3.82. The highest BCUT2D eigenvalue weighted by Gasteiger charge is 2.62. The molecule has 1 saturated heterocycles. The van der Waals surface area contributed by atoms with Gasteiger partial charge in [-0.25, -0.2) is 0 Å². The Morgan fingerprint density at radius 3 is 2.13 bits per heavy atom.